The van der Waals surface area contributed by atoms with Gasteiger partial charge in [-0.2, -0.15) is 0 Å². The van der Waals surface area contributed by atoms with Crippen LogP contribution in [0, 0.1) is 5.92 Å². The second kappa shape index (κ2) is 18.9. The third-order valence-corrected chi connectivity index (χ3v) is 8.63. The van der Waals surface area contributed by atoms with Crippen LogP contribution in [-0.2, 0) is 19.1 Å². The smallest absolute Gasteiger partial charge is 0.261 e. The Balaban J connectivity index is 1.37. The van der Waals surface area contributed by atoms with E-state index in [4.69, 9.17) is 9.47 Å². The topological polar surface area (TPSA) is 157 Å². The number of carbonyl (C=O) groups is 2. The number of carbonyl (C=O) groups excluding carboxylic acids is 2. The molecule has 2 fully saturated rings. The molecule has 0 bridgehead atoms. The molecule has 0 saturated carbocycles. The van der Waals surface area contributed by atoms with Crippen LogP contribution >= 0.6 is 0 Å². The lowest BCUT2D eigenvalue weighted by Crippen LogP contribution is -2.59. The summed E-state index contributed by atoms with van der Waals surface area (Å²) >= 11 is 0. The molecule has 0 aromatic heterocycles. The molecule has 2 aliphatic rings. The van der Waals surface area contributed by atoms with Gasteiger partial charge in [0, 0.05) is 19.6 Å². The SMILES string of the molecule is CC(CCCCCCCCCCCCCCCCO[C@@H]1O[C@H](CO)[C@@H](O)[C@H](O)[C@@H]1O)C(O)=C1C(=O)C(C)N(C)C1=O. The predicted octanol–water partition coefficient (Wildman–Crippen LogP) is 3.53. The number of aliphatic hydroxyl groups excluding tert-OH is 5. The zero-order chi connectivity index (χ0) is 30.4. The highest BCUT2D eigenvalue weighted by atomic mass is 16.7. The zero-order valence-electron chi connectivity index (χ0n) is 25.4. The van der Waals surface area contributed by atoms with Gasteiger partial charge < -0.3 is 39.9 Å². The summed E-state index contributed by atoms with van der Waals surface area (Å²) in [5.41, 5.74) is -0.0211. The Bertz CT molecular complexity index is 795. The number of aliphatic hydroxyl groups is 5. The van der Waals surface area contributed by atoms with Gasteiger partial charge in [-0.15, -0.1) is 0 Å². The molecule has 10 heteroatoms. The van der Waals surface area contributed by atoms with Gasteiger partial charge in [-0.3, -0.25) is 9.59 Å². The van der Waals surface area contributed by atoms with Gasteiger partial charge in [0.25, 0.3) is 5.91 Å². The maximum absolute atomic E-state index is 12.3. The lowest BCUT2D eigenvalue weighted by molar-refractivity contribution is -0.301. The number of amides is 1. The Hall–Kier alpha value is -1.56. The van der Waals surface area contributed by atoms with Crippen molar-refractivity contribution in [2.75, 3.05) is 20.3 Å². The fourth-order valence-electron chi connectivity index (χ4n) is 5.54. The summed E-state index contributed by atoms with van der Waals surface area (Å²) in [6, 6.07) is -0.499. The number of likely N-dealkylation sites (tertiary alicyclic amines) is 1. The van der Waals surface area contributed by atoms with E-state index in [2.05, 4.69) is 0 Å². The average Bonchev–Trinajstić information content (AvgIpc) is 3.15. The van der Waals surface area contributed by atoms with E-state index in [0.717, 1.165) is 38.5 Å². The summed E-state index contributed by atoms with van der Waals surface area (Å²) < 4.78 is 10.9. The minimum atomic E-state index is -1.40. The van der Waals surface area contributed by atoms with E-state index in [9.17, 15) is 35.1 Å². The molecule has 2 unspecified atom stereocenters. The van der Waals surface area contributed by atoms with Crippen LogP contribution in [0.25, 0.3) is 0 Å². The number of Topliss-reactive ketones (excluding diaryl/α,β-unsaturated/α-hetero) is 1. The minimum absolute atomic E-state index is 0.0211. The van der Waals surface area contributed by atoms with Crippen molar-refractivity contribution >= 4 is 11.7 Å². The second-order valence-electron chi connectivity index (χ2n) is 11.9. The van der Waals surface area contributed by atoms with Crippen LogP contribution in [0.15, 0.2) is 11.3 Å². The number of ether oxygens (including phenoxy) is 2. The van der Waals surface area contributed by atoms with Crippen molar-refractivity contribution < 1.29 is 44.6 Å². The van der Waals surface area contributed by atoms with Crippen LogP contribution < -0.4 is 0 Å². The molecule has 2 aliphatic heterocycles. The van der Waals surface area contributed by atoms with Gasteiger partial charge in [0.2, 0.25) is 0 Å². The first-order valence-electron chi connectivity index (χ1n) is 15.8. The summed E-state index contributed by atoms with van der Waals surface area (Å²) in [5.74, 6) is -0.872. The molecule has 0 radical (unpaired) electrons. The number of hydrogen-bond acceptors (Lipinski definition) is 9. The number of allylic oxidation sites excluding steroid dienone is 1. The Kier molecular flexibility index (Phi) is 16.4. The number of hydrogen-bond donors (Lipinski definition) is 5. The van der Waals surface area contributed by atoms with Crippen LogP contribution in [-0.4, -0.2) is 99.1 Å². The maximum Gasteiger partial charge on any atom is 0.261 e. The Morgan fingerprint density at radius 2 is 1.32 bits per heavy atom. The predicted molar refractivity (Wildman–Crippen MR) is 155 cm³/mol. The van der Waals surface area contributed by atoms with Gasteiger partial charge >= 0.3 is 0 Å². The summed E-state index contributed by atoms with van der Waals surface area (Å²) in [4.78, 5) is 25.9. The largest absolute Gasteiger partial charge is 0.511 e. The number of nitrogens with zero attached hydrogens (tertiary/aromatic N) is 1. The third-order valence-electron chi connectivity index (χ3n) is 8.63. The normalized spacial score (nSPS) is 28.9. The van der Waals surface area contributed by atoms with Crippen LogP contribution in [0.5, 0.6) is 0 Å². The number of ketones is 1. The Labute approximate surface area is 245 Å². The van der Waals surface area contributed by atoms with E-state index < -0.39 is 43.4 Å². The quantitative estimate of drug-likeness (QED) is 0.0624. The van der Waals surface area contributed by atoms with Gasteiger partial charge in [-0.25, -0.2) is 0 Å². The van der Waals surface area contributed by atoms with Crippen LogP contribution in [0.4, 0.5) is 0 Å². The van der Waals surface area contributed by atoms with Crippen molar-refractivity contribution in [3.05, 3.63) is 11.3 Å². The summed E-state index contributed by atoms with van der Waals surface area (Å²) in [6.45, 7) is 3.51. The van der Waals surface area contributed by atoms with E-state index in [1.165, 1.54) is 62.7 Å². The zero-order valence-corrected chi connectivity index (χ0v) is 25.4. The van der Waals surface area contributed by atoms with Crippen molar-refractivity contribution in [1.29, 1.82) is 0 Å². The first-order chi connectivity index (χ1) is 19.6. The van der Waals surface area contributed by atoms with Crippen LogP contribution in [0.2, 0.25) is 0 Å². The summed E-state index contributed by atoms with van der Waals surface area (Å²) in [7, 11) is 1.59. The summed E-state index contributed by atoms with van der Waals surface area (Å²) in [6.07, 6.45) is 10.8. The minimum Gasteiger partial charge on any atom is -0.511 e. The van der Waals surface area contributed by atoms with Crippen molar-refractivity contribution in [2.45, 2.75) is 147 Å². The monoisotopic (exact) mass is 585 g/mol. The average molecular weight is 586 g/mol. The van der Waals surface area contributed by atoms with Gasteiger partial charge in [0.05, 0.1) is 12.6 Å². The molecule has 0 aromatic rings. The van der Waals surface area contributed by atoms with Crippen LogP contribution in [0.3, 0.4) is 0 Å². The lowest BCUT2D eigenvalue weighted by Gasteiger charge is -2.39. The van der Waals surface area contributed by atoms with Gasteiger partial charge in [0.1, 0.15) is 35.7 Å². The highest BCUT2D eigenvalue weighted by molar-refractivity contribution is 6.26. The first-order valence-corrected chi connectivity index (χ1v) is 15.8. The maximum atomic E-state index is 12.3. The van der Waals surface area contributed by atoms with E-state index >= 15 is 0 Å². The standard InChI is InChI=1S/C31H55NO9/c1-21(25(34)24-26(35)22(2)32(3)30(24)39)18-16-14-12-10-8-6-4-5-7-9-11-13-15-17-19-40-31-29(38)28(37)27(36)23(20-33)41-31/h21-23,27-29,31,33-34,36-38H,4-20H2,1-3H3/t21?,22?,23-,27-,28+,29+,31-/m1/s1. The Morgan fingerprint density at radius 3 is 1.78 bits per heavy atom. The molecule has 2 heterocycles. The van der Waals surface area contributed by atoms with Crippen molar-refractivity contribution in [1.82, 2.24) is 4.90 Å². The summed E-state index contributed by atoms with van der Waals surface area (Å²) in [5, 5.41) is 49.2. The number of unbranched alkanes of at least 4 members (excludes halogenated alkanes) is 13. The van der Waals surface area contributed by atoms with E-state index in [1.54, 1.807) is 14.0 Å². The fourth-order valence-corrected chi connectivity index (χ4v) is 5.54. The molecule has 41 heavy (non-hydrogen) atoms. The molecular formula is C31H55NO9. The molecule has 0 aromatic carbocycles. The van der Waals surface area contributed by atoms with Gasteiger partial charge in [0.15, 0.2) is 12.1 Å². The van der Waals surface area contributed by atoms with Crippen LogP contribution in [0.1, 0.15) is 110 Å². The molecule has 0 spiro atoms. The number of rotatable bonds is 20. The van der Waals surface area contributed by atoms with E-state index in [-0.39, 0.29) is 28.9 Å². The molecule has 0 aliphatic carbocycles. The third kappa shape index (κ3) is 10.9. The first kappa shape index (κ1) is 35.6. The molecule has 238 valence electrons. The van der Waals surface area contributed by atoms with Crippen molar-refractivity contribution in [3.8, 4) is 0 Å². The molecule has 5 N–H and O–H groups in total. The fraction of sp³-hybridized carbons (Fsp3) is 0.871. The molecule has 2 rings (SSSR count). The van der Waals surface area contributed by atoms with Crippen molar-refractivity contribution in [2.24, 2.45) is 5.92 Å². The van der Waals surface area contributed by atoms with Crippen molar-refractivity contribution in [3.63, 3.8) is 0 Å². The van der Waals surface area contributed by atoms with Gasteiger partial charge in [-0.05, 0) is 19.8 Å². The highest BCUT2D eigenvalue weighted by Crippen LogP contribution is 2.27. The van der Waals surface area contributed by atoms with E-state index in [1.807, 2.05) is 6.92 Å². The molecule has 2 saturated heterocycles. The number of likely N-dealkylation sites (N-methyl/N-ethyl adjacent to an activating group) is 1. The molecular weight excluding hydrogens is 530 g/mol. The molecule has 7 atom stereocenters. The molecule has 1 amide bonds. The highest BCUT2D eigenvalue weighted by Gasteiger charge is 2.44. The van der Waals surface area contributed by atoms with Gasteiger partial charge in [-0.1, -0.05) is 90.4 Å². The molecule has 10 nitrogen and oxygen atoms in total. The lowest BCUT2D eigenvalue weighted by atomic mass is 9.95. The second-order valence-corrected chi connectivity index (χ2v) is 11.9. The Morgan fingerprint density at radius 1 is 0.829 bits per heavy atom. The van der Waals surface area contributed by atoms with E-state index in [0.29, 0.717) is 6.61 Å².